The minimum absolute atomic E-state index is 0.0166. The lowest BCUT2D eigenvalue weighted by Gasteiger charge is -2.30. The molecule has 6 nitrogen and oxygen atoms in total. The lowest BCUT2D eigenvalue weighted by atomic mass is 10.2. The average molecular weight is 373 g/mol. The maximum atomic E-state index is 12.7. The predicted molar refractivity (Wildman–Crippen MR) is 93.2 cm³/mol. The minimum Gasteiger partial charge on any atom is -0.376 e. The van der Waals surface area contributed by atoms with Gasteiger partial charge in [0, 0.05) is 29.9 Å². The van der Waals surface area contributed by atoms with Gasteiger partial charge in [-0.05, 0) is 37.5 Å². The fourth-order valence-electron chi connectivity index (χ4n) is 3.19. The molecule has 0 spiro atoms. The number of hydrogen-bond acceptors (Lipinski definition) is 4. The van der Waals surface area contributed by atoms with Crippen molar-refractivity contribution in [2.24, 2.45) is 0 Å². The molecule has 132 valence electrons. The Morgan fingerprint density at radius 1 is 1.38 bits per heavy atom. The van der Waals surface area contributed by atoms with Crippen LogP contribution < -0.4 is 5.32 Å². The van der Waals surface area contributed by atoms with Gasteiger partial charge in [0.05, 0.1) is 17.6 Å². The Balaban J connectivity index is 1.73. The molecule has 2 aliphatic rings. The zero-order chi connectivity index (χ0) is 17.2. The summed E-state index contributed by atoms with van der Waals surface area (Å²) in [5.74, 6) is 0.146. The van der Waals surface area contributed by atoms with E-state index in [1.54, 1.807) is 29.2 Å². The number of rotatable bonds is 4. The molecule has 24 heavy (non-hydrogen) atoms. The molecule has 0 unspecified atom stereocenters. The van der Waals surface area contributed by atoms with Crippen LogP contribution in [0.4, 0.5) is 10.5 Å². The van der Waals surface area contributed by atoms with Crippen LogP contribution in [0.2, 0.25) is 5.02 Å². The molecule has 2 amide bonds. The monoisotopic (exact) mass is 372 g/mol. The first-order valence-electron chi connectivity index (χ1n) is 8.08. The summed E-state index contributed by atoms with van der Waals surface area (Å²) in [4.78, 5) is 14.3. The number of benzene rings is 1. The Kier molecular flexibility index (Phi) is 5.32. The third-order valence-corrected chi connectivity index (χ3v) is 6.40. The van der Waals surface area contributed by atoms with Crippen molar-refractivity contribution >= 4 is 33.2 Å². The highest BCUT2D eigenvalue weighted by Crippen LogP contribution is 2.23. The molecule has 2 atom stereocenters. The largest absolute Gasteiger partial charge is 0.376 e. The van der Waals surface area contributed by atoms with Crippen molar-refractivity contribution in [1.82, 2.24) is 4.90 Å². The van der Waals surface area contributed by atoms with E-state index in [4.69, 9.17) is 16.3 Å². The van der Waals surface area contributed by atoms with Crippen LogP contribution >= 0.6 is 11.6 Å². The van der Waals surface area contributed by atoms with Crippen molar-refractivity contribution in [3.8, 4) is 0 Å². The van der Waals surface area contributed by atoms with Crippen LogP contribution in [0, 0.1) is 0 Å². The zero-order valence-electron chi connectivity index (χ0n) is 13.3. The summed E-state index contributed by atoms with van der Waals surface area (Å²) >= 11 is 5.95. The van der Waals surface area contributed by atoms with Crippen molar-refractivity contribution in [3.63, 3.8) is 0 Å². The molecule has 2 aliphatic heterocycles. The van der Waals surface area contributed by atoms with Crippen molar-refractivity contribution < 1.29 is 17.9 Å². The van der Waals surface area contributed by atoms with Crippen LogP contribution in [-0.2, 0) is 14.6 Å². The number of halogens is 1. The summed E-state index contributed by atoms with van der Waals surface area (Å²) in [6, 6.07) is 6.27. The SMILES string of the molecule is O=C(Nc1cccc(Cl)c1)N(C[C@@H]1CCCO1)[C@@H]1CCS(=O)(=O)C1. The number of sulfone groups is 1. The lowest BCUT2D eigenvalue weighted by Crippen LogP contribution is -2.47. The average Bonchev–Trinajstić information content (AvgIpc) is 3.14. The van der Waals surface area contributed by atoms with Gasteiger partial charge in [-0.3, -0.25) is 0 Å². The van der Waals surface area contributed by atoms with E-state index >= 15 is 0 Å². The van der Waals surface area contributed by atoms with Crippen LogP contribution in [-0.4, -0.2) is 56.2 Å². The first-order chi connectivity index (χ1) is 11.4. The van der Waals surface area contributed by atoms with Crippen LogP contribution in [0.5, 0.6) is 0 Å². The zero-order valence-corrected chi connectivity index (χ0v) is 14.9. The van der Waals surface area contributed by atoms with Gasteiger partial charge in [0.2, 0.25) is 0 Å². The molecule has 0 saturated carbocycles. The van der Waals surface area contributed by atoms with Crippen molar-refractivity contribution in [2.45, 2.75) is 31.4 Å². The van der Waals surface area contributed by atoms with Gasteiger partial charge in [-0.2, -0.15) is 0 Å². The predicted octanol–water partition coefficient (Wildman–Crippen LogP) is 2.54. The molecule has 1 N–H and O–H groups in total. The molecular weight excluding hydrogens is 352 g/mol. The molecule has 2 fully saturated rings. The van der Waals surface area contributed by atoms with E-state index in [0.717, 1.165) is 12.8 Å². The number of nitrogens with zero attached hydrogens (tertiary/aromatic N) is 1. The fourth-order valence-corrected chi connectivity index (χ4v) is 5.11. The maximum Gasteiger partial charge on any atom is 0.322 e. The fraction of sp³-hybridized carbons (Fsp3) is 0.562. The second-order valence-electron chi connectivity index (χ2n) is 6.28. The van der Waals surface area contributed by atoms with E-state index in [0.29, 0.717) is 30.3 Å². The second kappa shape index (κ2) is 7.29. The smallest absolute Gasteiger partial charge is 0.322 e. The van der Waals surface area contributed by atoms with E-state index in [1.807, 2.05) is 0 Å². The Labute approximate surface area is 147 Å². The van der Waals surface area contributed by atoms with E-state index in [9.17, 15) is 13.2 Å². The van der Waals surface area contributed by atoms with Gasteiger partial charge in [-0.1, -0.05) is 17.7 Å². The Morgan fingerprint density at radius 3 is 2.83 bits per heavy atom. The molecule has 0 aromatic heterocycles. The number of urea groups is 1. The van der Waals surface area contributed by atoms with Gasteiger partial charge in [-0.25, -0.2) is 13.2 Å². The molecule has 1 aromatic rings. The number of carbonyl (C=O) groups excluding carboxylic acids is 1. The highest BCUT2D eigenvalue weighted by molar-refractivity contribution is 7.91. The molecule has 2 saturated heterocycles. The highest BCUT2D eigenvalue weighted by atomic mass is 35.5. The molecular formula is C16H21ClN2O4S. The van der Waals surface area contributed by atoms with E-state index in [-0.39, 0.29) is 29.7 Å². The second-order valence-corrected chi connectivity index (χ2v) is 8.95. The van der Waals surface area contributed by atoms with Gasteiger partial charge >= 0.3 is 6.03 Å². The van der Waals surface area contributed by atoms with E-state index < -0.39 is 9.84 Å². The maximum absolute atomic E-state index is 12.7. The topological polar surface area (TPSA) is 75.7 Å². The van der Waals surface area contributed by atoms with Crippen molar-refractivity contribution in [1.29, 1.82) is 0 Å². The van der Waals surface area contributed by atoms with Gasteiger partial charge in [0.25, 0.3) is 0 Å². The van der Waals surface area contributed by atoms with Crippen LogP contribution in [0.3, 0.4) is 0 Å². The van der Waals surface area contributed by atoms with E-state index in [1.165, 1.54) is 0 Å². The molecule has 1 aromatic carbocycles. The number of amides is 2. The highest BCUT2D eigenvalue weighted by Gasteiger charge is 2.36. The Morgan fingerprint density at radius 2 is 2.21 bits per heavy atom. The molecule has 8 heteroatoms. The van der Waals surface area contributed by atoms with Crippen LogP contribution in [0.25, 0.3) is 0 Å². The molecule has 3 rings (SSSR count). The summed E-state index contributed by atoms with van der Waals surface area (Å²) in [5.41, 5.74) is 0.589. The number of anilines is 1. The lowest BCUT2D eigenvalue weighted by molar-refractivity contribution is 0.0751. The van der Waals surface area contributed by atoms with Crippen LogP contribution in [0.15, 0.2) is 24.3 Å². The summed E-state index contributed by atoms with van der Waals surface area (Å²) in [5, 5.41) is 3.34. The normalized spacial score (nSPS) is 25.5. The molecule has 2 heterocycles. The standard InChI is InChI=1S/C16H21ClN2O4S/c17-12-3-1-4-13(9-12)18-16(20)19(10-15-5-2-7-23-15)14-6-8-24(21,22)11-14/h1,3-4,9,14-15H,2,5-8,10-11H2,(H,18,20)/t14-,15+/m1/s1. The van der Waals surface area contributed by atoms with Gasteiger partial charge in [0.1, 0.15) is 0 Å². The van der Waals surface area contributed by atoms with Gasteiger partial charge in [-0.15, -0.1) is 0 Å². The van der Waals surface area contributed by atoms with Gasteiger partial charge < -0.3 is 15.0 Å². The van der Waals surface area contributed by atoms with E-state index in [2.05, 4.69) is 5.32 Å². The molecule has 0 bridgehead atoms. The molecule has 0 aliphatic carbocycles. The minimum atomic E-state index is -3.07. The third kappa shape index (κ3) is 4.40. The summed E-state index contributed by atoms with van der Waals surface area (Å²) in [6.07, 6.45) is 2.30. The summed E-state index contributed by atoms with van der Waals surface area (Å²) < 4.78 is 29.2. The quantitative estimate of drug-likeness (QED) is 0.881. The first kappa shape index (κ1) is 17.5. The molecule has 0 radical (unpaired) electrons. The Bertz CT molecular complexity index is 704. The Hall–Kier alpha value is -1.31. The van der Waals surface area contributed by atoms with Crippen molar-refractivity contribution in [2.75, 3.05) is 30.0 Å². The van der Waals surface area contributed by atoms with Crippen molar-refractivity contribution in [3.05, 3.63) is 29.3 Å². The third-order valence-electron chi connectivity index (χ3n) is 4.41. The summed E-state index contributed by atoms with van der Waals surface area (Å²) in [6.45, 7) is 1.10. The summed E-state index contributed by atoms with van der Waals surface area (Å²) in [7, 11) is -3.07. The first-order valence-corrected chi connectivity index (χ1v) is 10.3. The van der Waals surface area contributed by atoms with Crippen LogP contribution in [0.1, 0.15) is 19.3 Å². The van der Waals surface area contributed by atoms with Gasteiger partial charge in [0.15, 0.2) is 9.84 Å². The number of nitrogens with one attached hydrogen (secondary N) is 1. The number of hydrogen-bond donors (Lipinski definition) is 1. The number of carbonyl (C=O) groups is 1. The number of ether oxygens (including phenoxy) is 1.